The maximum atomic E-state index is 13.5. The SMILES string of the molecule is Cc1ccc(Cl)cc1N1C(=O)C(=O)/C(=C(\O)c2ccc3c(c2)OCO3)C1c1ccc(C(C)(C)C)cc1. The first-order chi connectivity index (χ1) is 17.1. The van der Waals surface area contributed by atoms with Gasteiger partial charge in [0.1, 0.15) is 5.76 Å². The number of aliphatic hydroxyl groups excluding tert-OH is 1. The highest BCUT2D eigenvalue weighted by Crippen LogP contribution is 2.45. The first-order valence-corrected chi connectivity index (χ1v) is 12.0. The second-order valence-corrected chi connectivity index (χ2v) is 10.5. The van der Waals surface area contributed by atoms with Crippen LogP contribution in [0.4, 0.5) is 5.69 Å². The Kier molecular flexibility index (Phi) is 5.80. The zero-order valence-corrected chi connectivity index (χ0v) is 21.2. The molecule has 2 heterocycles. The number of nitrogens with zero attached hydrogens (tertiary/aromatic N) is 1. The van der Waals surface area contributed by atoms with Crippen LogP contribution in [-0.4, -0.2) is 23.6 Å². The number of ketones is 1. The van der Waals surface area contributed by atoms with Crippen LogP contribution in [0.25, 0.3) is 5.76 Å². The molecule has 0 aromatic heterocycles. The van der Waals surface area contributed by atoms with Crippen molar-refractivity contribution in [3.63, 3.8) is 0 Å². The number of halogens is 1. The lowest BCUT2D eigenvalue weighted by Gasteiger charge is -2.28. The predicted molar refractivity (Wildman–Crippen MR) is 139 cm³/mol. The molecule has 3 aromatic rings. The Morgan fingerprint density at radius 3 is 2.36 bits per heavy atom. The third kappa shape index (κ3) is 4.01. The van der Waals surface area contributed by atoms with E-state index >= 15 is 0 Å². The summed E-state index contributed by atoms with van der Waals surface area (Å²) in [6, 6.07) is 17.0. The average Bonchev–Trinajstić information content (AvgIpc) is 3.42. The summed E-state index contributed by atoms with van der Waals surface area (Å²) >= 11 is 6.28. The minimum absolute atomic E-state index is 0.00162. The van der Waals surface area contributed by atoms with Crippen molar-refractivity contribution in [3.8, 4) is 11.5 Å². The van der Waals surface area contributed by atoms with Crippen LogP contribution in [-0.2, 0) is 15.0 Å². The van der Waals surface area contributed by atoms with Crippen molar-refractivity contribution in [2.24, 2.45) is 0 Å². The van der Waals surface area contributed by atoms with Gasteiger partial charge in [0.05, 0.1) is 11.6 Å². The third-order valence-corrected chi connectivity index (χ3v) is 6.85. The van der Waals surface area contributed by atoms with E-state index < -0.39 is 17.7 Å². The van der Waals surface area contributed by atoms with Gasteiger partial charge in [0.2, 0.25) is 6.79 Å². The van der Waals surface area contributed by atoms with E-state index in [0.29, 0.717) is 33.3 Å². The number of anilines is 1. The summed E-state index contributed by atoms with van der Waals surface area (Å²) in [5, 5.41) is 11.8. The quantitative estimate of drug-likeness (QED) is 0.258. The molecule has 0 radical (unpaired) electrons. The molecular formula is C29H26ClNO5. The smallest absolute Gasteiger partial charge is 0.300 e. The van der Waals surface area contributed by atoms with E-state index in [-0.39, 0.29) is 23.5 Å². The Labute approximate surface area is 214 Å². The standard InChI is InChI=1S/C29H26ClNO5/c1-16-5-11-20(30)14-21(16)31-25(17-6-9-19(10-7-17)29(2,3)4)24(27(33)28(31)34)26(32)18-8-12-22-23(13-18)36-15-35-22/h5-14,25,32H,15H2,1-4H3/b26-24-. The molecule has 5 rings (SSSR count). The Balaban J connectivity index is 1.72. The Morgan fingerprint density at radius 1 is 0.972 bits per heavy atom. The molecule has 1 amide bonds. The van der Waals surface area contributed by atoms with E-state index in [1.165, 1.54) is 4.90 Å². The van der Waals surface area contributed by atoms with E-state index in [9.17, 15) is 14.7 Å². The summed E-state index contributed by atoms with van der Waals surface area (Å²) in [5.74, 6) is -0.762. The fourth-order valence-electron chi connectivity index (χ4n) is 4.60. The van der Waals surface area contributed by atoms with Crippen molar-refractivity contribution in [1.82, 2.24) is 0 Å². The van der Waals surface area contributed by atoms with E-state index in [1.807, 2.05) is 31.2 Å². The molecule has 1 saturated heterocycles. The number of rotatable bonds is 3. The van der Waals surface area contributed by atoms with Crippen LogP contribution in [0.3, 0.4) is 0 Å². The molecule has 1 fully saturated rings. The predicted octanol–water partition coefficient (Wildman–Crippen LogP) is 6.30. The highest BCUT2D eigenvalue weighted by atomic mass is 35.5. The number of Topliss-reactive ketones (excluding diaryl/α,β-unsaturated/α-hetero) is 1. The molecule has 1 unspecified atom stereocenters. The van der Waals surface area contributed by atoms with Gasteiger partial charge in [-0.05, 0) is 59.4 Å². The van der Waals surface area contributed by atoms with Gasteiger partial charge in [0, 0.05) is 16.3 Å². The molecular weight excluding hydrogens is 478 g/mol. The first-order valence-electron chi connectivity index (χ1n) is 11.6. The molecule has 0 aliphatic carbocycles. The molecule has 1 atom stereocenters. The largest absolute Gasteiger partial charge is 0.507 e. The number of aryl methyl sites for hydroxylation is 1. The lowest BCUT2D eigenvalue weighted by molar-refractivity contribution is -0.132. The second-order valence-electron chi connectivity index (χ2n) is 10.0. The van der Waals surface area contributed by atoms with Crippen LogP contribution >= 0.6 is 11.6 Å². The summed E-state index contributed by atoms with van der Waals surface area (Å²) < 4.78 is 10.8. The molecule has 0 spiro atoms. The van der Waals surface area contributed by atoms with Crippen molar-refractivity contribution in [2.75, 3.05) is 11.7 Å². The summed E-state index contributed by atoms with van der Waals surface area (Å²) in [7, 11) is 0. The van der Waals surface area contributed by atoms with Gasteiger partial charge in [-0.15, -0.1) is 0 Å². The van der Waals surface area contributed by atoms with Crippen molar-refractivity contribution >= 4 is 34.7 Å². The fourth-order valence-corrected chi connectivity index (χ4v) is 4.77. The first kappa shape index (κ1) is 23.9. The zero-order valence-electron chi connectivity index (χ0n) is 20.5. The number of carbonyl (C=O) groups is 2. The van der Waals surface area contributed by atoms with E-state index in [4.69, 9.17) is 21.1 Å². The maximum Gasteiger partial charge on any atom is 0.300 e. The molecule has 7 heteroatoms. The van der Waals surface area contributed by atoms with Crippen LogP contribution in [0.1, 0.15) is 49.1 Å². The lowest BCUT2D eigenvalue weighted by atomic mass is 9.85. The number of hydrogen-bond donors (Lipinski definition) is 1. The third-order valence-electron chi connectivity index (χ3n) is 6.61. The van der Waals surface area contributed by atoms with Crippen LogP contribution < -0.4 is 14.4 Å². The second kappa shape index (κ2) is 8.71. The van der Waals surface area contributed by atoms with Crippen LogP contribution in [0, 0.1) is 6.92 Å². The summed E-state index contributed by atoms with van der Waals surface area (Å²) in [5.41, 5.74) is 3.39. The summed E-state index contributed by atoms with van der Waals surface area (Å²) in [6.07, 6.45) is 0. The minimum atomic E-state index is -0.846. The number of ether oxygens (including phenoxy) is 2. The van der Waals surface area contributed by atoms with E-state index in [0.717, 1.165) is 11.1 Å². The average molecular weight is 504 g/mol. The van der Waals surface area contributed by atoms with Crippen molar-refractivity contribution < 1.29 is 24.2 Å². The van der Waals surface area contributed by atoms with Gasteiger partial charge >= 0.3 is 0 Å². The normalized spacial score (nSPS) is 18.7. The van der Waals surface area contributed by atoms with Crippen molar-refractivity contribution in [3.05, 3.63) is 93.5 Å². The maximum absolute atomic E-state index is 13.5. The molecule has 36 heavy (non-hydrogen) atoms. The van der Waals surface area contributed by atoms with Gasteiger partial charge < -0.3 is 14.6 Å². The van der Waals surface area contributed by atoms with E-state index in [2.05, 4.69) is 20.8 Å². The molecule has 6 nitrogen and oxygen atoms in total. The Bertz CT molecular complexity index is 1420. The monoisotopic (exact) mass is 503 g/mol. The number of benzene rings is 3. The number of fused-ring (bicyclic) bond motifs is 1. The van der Waals surface area contributed by atoms with Gasteiger partial charge in [-0.3, -0.25) is 14.5 Å². The van der Waals surface area contributed by atoms with Crippen LogP contribution in [0.2, 0.25) is 5.02 Å². The molecule has 0 saturated carbocycles. The van der Waals surface area contributed by atoms with Crippen molar-refractivity contribution in [2.45, 2.75) is 39.2 Å². The summed E-state index contributed by atoms with van der Waals surface area (Å²) in [4.78, 5) is 28.3. The van der Waals surface area contributed by atoms with Gasteiger partial charge in [0.25, 0.3) is 11.7 Å². The van der Waals surface area contributed by atoms with Gasteiger partial charge in [0.15, 0.2) is 11.5 Å². The zero-order chi connectivity index (χ0) is 25.8. The Morgan fingerprint density at radius 2 is 1.67 bits per heavy atom. The number of carbonyl (C=O) groups excluding carboxylic acids is 2. The minimum Gasteiger partial charge on any atom is -0.507 e. The van der Waals surface area contributed by atoms with Crippen LogP contribution in [0.15, 0.2) is 66.2 Å². The molecule has 184 valence electrons. The highest BCUT2D eigenvalue weighted by molar-refractivity contribution is 6.52. The number of hydrogen-bond acceptors (Lipinski definition) is 5. The van der Waals surface area contributed by atoms with Crippen molar-refractivity contribution in [1.29, 1.82) is 0 Å². The van der Waals surface area contributed by atoms with Crippen LogP contribution in [0.5, 0.6) is 11.5 Å². The van der Waals surface area contributed by atoms with Gasteiger partial charge in [-0.1, -0.05) is 62.7 Å². The molecule has 0 bridgehead atoms. The lowest BCUT2D eigenvalue weighted by Crippen LogP contribution is -2.30. The molecule has 3 aromatic carbocycles. The molecule has 2 aliphatic heterocycles. The molecule has 2 aliphatic rings. The fraction of sp³-hybridized carbons (Fsp3) is 0.241. The van der Waals surface area contributed by atoms with Gasteiger partial charge in [-0.25, -0.2) is 0 Å². The Hall–Kier alpha value is -3.77. The molecule has 1 N–H and O–H groups in total. The number of aliphatic hydroxyl groups is 1. The van der Waals surface area contributed by atoms with Gasteiger partial charge in [-0.2, -0.15) is 0 Å². The summed E-state index contributed by atoms with van der Waals surface area (Å²) in [6.45, 7) is 8.27. The topological polar surface area (TPSA) is 76.1 Å². The van der Waals surface area contributed by atoms with E-state index in [1.54, 1.807) is 36.4 Å². The highest BCUT2D eigenvalue weighted by Gasteiger charge is 2.47. The number of amides is 1.